The minimum absolute atomic E-state index is 0.107. The summed E-state index contributed by atoms with van der Waals surface area (Å²) < 4.78 is 1.37. The van der Waals surface area contributed by atoms with Gasteiger partial charge in [0.25, 0.3) is 0 Å². The molecule has 1 amide bonds. The summed E-state index contributed by atoms with van der Waals surface area (Å²) in [6.45, 7) is 2.93. The number of aliphatic hydroxyl groups excluding tert-OH is 1. The van der Waals surface area contributed by atoms with Gasteiger partial charge in [-0.25, -0.2) is 4.68 Å². The highest BCUT2D eigenvalue weighted by Crippen LogP contribution is 2.02. The van der Waals surface area contributed by atoms with Gasteiger partial charge >= 0.3 is 0 Å². The van der Waals surface area contributed by atoms with E-state index < -0.39 is 0 Å². The fraction of sp³-hybridized carbons (Fsp3) is 0.778. The minimum atomic E-state index is -0.107. The molecular weight excluding hydrogens is 210 g/mol. The lowest BCUT2D eigenvalue weighted by atomic mass is 10.1. The number of carbonyl (C=O) groups is 1. The highest BCUT2D eigenvalue weighted by molar-refractivity contribution is 5.75. The molecule has 2 N–H and O–H groups in total. The first kappa shape index (κ1) is 12.6. The number of rotatable bonds is 7. The minimum Gasteiger partial charge on any atom is -0.396 e. The molecule has 1 atom stereocenters. The smallest absolute Gasteiger partial charge is 0.241 e. The Morgan fingerprint density at radius 2 is 2.44 bits per heavy atom. The van der Waals surface area contributed by atoms with Gasteiger partial charge in [0.15, 0.2) is 0 Å². The van der Waals surface area contributed by atoms with Crippen molar-refractivity contribution in [3.63, 3.8) is 0 Å². The Morgan fingerprint density at radius 3 is 3.06 bits per heavy atom. The second-order valence-electron chi connectivity index (χ2n) is 3.79. The Kier molecular flexibility index (Phi) is 5.41. The van der Waals surface area contributed by atoms with Crippen LogP contribution in [0, 0.1) is 5.92 Å². The van der Waals surface area contributed by atoms with E-state index in [-0.39, 0.29) is 25.0 Å². The molecule has 7 nitrogen and oxygen atoms in total. The maximum absolute atomic E-state index is 11.3. The Morgan fingerprint density at radius 1 is 1.62 bits per heavy atom. The second-order valence-corrected chi connectivity index (χ2v) is 3.79. The number of nitrogens with one attached hydrogen (secondary N) is 1. The summed E-state index contributed by atoms with van der Waals surface area (Å²) in [5, 5.41) is 22.0. The average Bonchev–Trinajstić information content (AvgIpc) is 2.76. The molecule has 1 aromatic heterocycles. The molecule has 0 radical (unpaired) electrons. The van der Waals surface area contributed by atoms with Crippen LogP contribution in [0.5, 0.6) is 0 Å². The molecule has 0 aliphatic heterocycles. The van der Waals surface area contributed by atoms with Crippen molar-refractivity contribution in [2.75, 3.05) is 13.2 Å². The van der Waals surface area contributed by atoms with Crippen molar-refractivity contribution >= 4 is 5.91 Å². The van der Waals surface area contributed by atoms with Crippen LogP contribution in [0.1, 0.15) is 19.8 Å². The average molecular weight is 227 g/mol. The number of nitrogens with zero attached hydrogens (tertiary/aromatic N) is 4. The summed E-state index contributed by atoms with van der Waals surface area (Å²) in [6, 6.07) is 0. The maximum atomic E-state index is 11.3. The van der Waals surface area contributed by atoms with Crippen molar-refractivity contribution in [1.29, 1.82) is 0 Å². The van der Waals surface area contributed by atoms with Gasteiger partial charge in [0.05, 0.1) is 0 Å². The molecule has 1 unspecified atom stereocenters. The third-order valence-electron chi connectivity index (χ3n) is 2.20. The number of aromatic nitrogens is 4. The SMILES string of the molecule is CC(CO)CCCNC(=O)Cn1cnnn1. The lowest BCUT2D eigenvalue weighted by Crippen LogP contribution is -2.29. The first-order valence-electron chi connectivity index (χ1n) is 5.30. The summed E-state index contributed by atoms with van der Waals surface area (Å²) in [7, 11) is 0. The maximum Gasteiger partial charge on any atom is 0.241 e. The van der Waals surface area contributed by atoms with Crippen LogP contribution in [-0.2, 0) is 11.3 Å². The van der Waals surface area contributed by atoms with Gasteiger partial charge in [0.2, 0.25) is 5.91 Å². The molecule has 7 heteroatoms. The highest BCUT2D eigenvalue weighted by Gasteiger charge is 2.04. The van der Waals surface area contributed by atoms with Crippen LogP contribution in [0.4, 0.5) is 0 Å². The van der Waals surface area contributed by atoms with Gasteiger partial charge in [-0.2, -0.15) is 0 Å². The fourth-order valence-corrected chi connectivity index (χ4v) is 1.23. The van der Waals surface area contributed by atoms with E-state index in [0.717, 1.165) is 12.8 Å². The number of hydrogen-bond acceptors (Lipinski definition) is 5. The van der Waals surface area contributed by atoms with E-state index in [1.807, 2.05) is 6.92 Å². The van der Waals surface area contributed by atoms with Crippen LogP contribution in [-0.4, -0.2) is 44.4 Å². The Hall–Kier alpha value is -1.50. The summed E-state index contributed by atoms with van der Waals surface area (Å²) >= 11 is 0. The molecule has 0 aliphatic carbocycles. The van der Waals surface area contributed by atoms with Gasteiger partial charge in [-0.1, -0.05) is 6.92 Å². The van der Waals surface area contributed by atoms with Crippen molar-refractivity contribution in [3.8, 4) is 0 Å². The molecular formula is C9H17N5O2. The first-order valence-corrected chi connectivity index (χ1v) is 5.30. The predicted molar refractivity (Wildman–Crippen MR) is 56.3 cm³/mol. The zero-order valence-corrected chi connectivity index (χ0v) is 9.33. The molecule has 0 bridgehead atoms. The zero-order chi connectivity index (χ0) is 11.8. The topological polar surface area (TPSA) is 92.9 Å². The summed E-state index contributed by atoms with van der Waals surface area (Å²) in [5.74, 6) is 0.181. The second kappa shape index (κ2) is 6.89. The monoisotopic (exact) mass is 227 g/mol. The lowest BCUT2D eigenvalue weighted by Gasteiger charge is -2.08. The van der Waals surface area contributed by atoms with E-state index in [4.69, 9.17) is 5.11 Å². The number of tetrazole rings is 1. The van der Waals surface area contributed by atoms with E-state index in [2.05, 4.69) is 20.8 Å². The Balaban J connectivity index is 2.07. The largest absolute Gasteiger partial charge is 0.396 e. The molecule has 0 aliphatic rings. The van der Waals surface area contributed by atoms with Crippen LogP contribution in [0.25, 0.3) is 0 Å². The highest BCUT2D eigenvalue weighted by atomic mass is 16.3. The van der Waals surface area contributed by atoms with Crippen LogP contribution < -0.4 is 5.32 Å². The molecule has 16 heavy (non-hydrogen) atoms. The molecule has 0 saturated carbocycles. The van der Waals surface area contributed by atoms with E-state index in [1.165, 1.54) is 11.0 Å². The quantitative estimate of drug-likeness (QED) is 0.595. The van der Waals surface area contributed by atoms with Gasteiger partial charge in [-0.15, -0.1) is 5.10 Å². The predicted octanol–water partition coefficient (Wildman–Crippen LogP) is -0.802. The number of amides is 1. The molecule has 0 saturated heterocycles. The van der Waals surface area contributed by atoms with Crippen LogP contribution >= 0.6 is 0 Å². The normalized spacial score (nSPS) is 12.4. The van der Waals surface area contributed by atoms with Crippen molar-refractivity contribution < 1.29 is 9.90 Å². The number of carbonyl (C=O) groups excluding carboxylic acids is 1. The van der Waals surface area contributed by atoms with E-state index in [9.17, 15) is 4.79 Å². The zero-order valence-electron chi connectivity index (χ0n) is 9.33. The van der Waals surface area contributed by atoms with E-state index in [1.54, 1.807) is 0 Å². The third kappa shape index (κ3) is 4.83. The number of hydrogen-bond donors (Lipinski definition) is 2. The van der Waals surface area contributed by atoms with Gasteiger partial charge < -0.3 is 10.4 Å². The van der Waals surface area contributed by atoms with Crippen LogP contribution in [0.2, 0.25) is 0 Å². The van der Waals surface area contributed by atoms with E-state index in [0.29, 0.717) is 6.54 Å². The molecule has 1 aromatic rings. The molecule has 0 fully saturated rings. The fourth-order valence-electron chi connectivity index (χ4n) is 1.23. The standard InChI is InChI=1S/C9H17N5O2/c1-8(6-15)3-2-4-10-9(16)5-14-7-11-12-13-14/h7-8,15H,2-6H2,1H3,(H,10,16). The first-order chi connectivity index (χ1) is 7.72. The van der Waals surface area contributed by atoms with Gasteiger partial charge in [0.1, 0.15) is 12.9 Å². The summed E-state index contributed by atoms with van der Waals surface area (Å²) in [6.07, 6.45) is 3.16. The Labute approximate surface area is 93.8 Å². The van der Waals surface area contributed by atoms with E-state index >= 15 is 0 Å². The summed E-state index contributed by atoms with van der Waals surface area (Å²) in [4.78, 5) is 11.3. The lowest BCUT2D eigenvalue weighted by molar-refractivity contribution is -0.121. The van der Waals surface area contributed by atoms with Crippen LogP contribution in [0.15, 0.2) is 6.33 Å². The molecule has 0 spiro atoms. The molecule has 0 aromatic carbocycles. The van der Waals surface area contributed by atoms with Gasteiger partial charge in [-0.05, 0) is 29.2 Å². The third-order valence-corrected chi connectivity index (χ3v) is 2.20. The molecule has 1 heterocycles. The number of aliphatic hydroxyl groups is 1. The van der Waals surface area contributed by atoms with Gasteiger partial charge in [0, 0.05) is 13.2 Å². The Bertz CT molecular complexity index is 301. The van der Waals surface area contributed by atoms with Crippen molar-refractivity contribution in [1.82, 2.24) is 25.5 Å². The van der Waals surface area contributed by atoms with Crippen molar-refractivity contribution in [2.45, 2.75) is 26.3 Å². The van der Waals surface area contributed by atoms with Crippen molar-refractivity contribution in [3.05, 3.63) is 6.33 Å². The van der Waals surface area contributed by atoms with Gasteiger partial charge in [-0.3, -0.25) is 4.79 Å². The molecule has 90 valence electrons. The molecule has 1 rings (SSSR count). The van der Waals surface area contributed by atoms with Crippen molar-refractivity contribution in [2.24, 2.45) is 5.92 Å². The summed E-state index contributed by atoms with van der Waals surface area (Å²) in [5.41, 5.74) is 0. The van der Waals surface area contributed by atoms with Crippen LogP contribution in [0.3, 0.4) is 0 Å².